The second-order valence-electron chi connectivity index (χ2n) is 6.92. The number of benzene rings is 2. The number of esters is 1. The summed E-state index contributed by atoms with van der Waals surface area (Å²) < 4.78 is 5.08. The molecule has 0 spiro atoms. The van der Waals surface area contributed by atoms with Gasteiger partial charge in [-0.2, -0.15) is 5.26 Å². The summed E-state index contributed by atoms with van der Waals surface area (Å²) in [4.78, 5) is 37.1. The lowest BCUT2D eigenvalue weighted by molar-refractivity contribution is -0.384. The predicted molar refractivity (Wildman–Crippen MR) is 114 cm³/mol. The Bertz CT molecular complexity index is 1050. The van der Waals surface area contributed by atoms with Crippen molar-refractivity contribution in [3.8, 4) is 6.07 Å². The number of nitro benzene ring substituents is 1. The number of nitrogens with zero attached hydrogens (tertiary/aromatic N) is 3. The molecule has 3 rings (SSSR count). The minimum atomic E-state index is -0.860. The Hall–Kier alpha value is -3.64. The minimum absolute atomic E-state index is 0.0350. The molecule has 2 aromatic rings. The second-order valence-corrected chi connectivity index (χ2v) is 7.35. The van der Waals surface area contributed by atoms with Crippen molar-refractivity contribution >= 4 is 40.5 Å². The molecule has 1 fully saturated rings. The Balaban J connectivity index is 1.69. The standard InChI is InChI=1S/C21H19ClN4O5/c22-15-3-1-4-17(12-15)25(10-2-9-23)20(27)13-31-21(28)14-5-8-18(24-16-6-7-16)19(11-14)26(29)30/h1,3-5,8,11-12,16,24H,2,6-7,10,13H2. The second kappa shape index (κ2) is 9.91. The van der Waals surface area contributed by atoms with Crippen LogP contribution in [0.3, 0.4) is 0 Å². The van der Waals surface area contributed by atoms with Gasteiger partial charge in [-0.1, -0.05) is 17.7 Å². The monoisotopic (exact) mass is 442 g/mol. The fraction of sp³-hybridized carbons (Fsp3) is 0.286. The summed E-state index contributed by atoms with van der Waals surface area (Å²) in [6, 6.07) is 12.7. The van der Waals surface area contributed by atoms with Gasteiger partial charge in [0, 0.05) is 29.4 Å². The summed E-state index contributed by atoms with van der Waals surface area (Å²) in [5.74, 6) is -1.41. The van der Waals surface area contributed by atoms with E-state index in [1.807, 2.05) is 6.07 Å². The van der Waals surface area contributed by atoms with Crippen molar-refractivity contribution in [3.05, 3.63) is 63.2 Å². The van der Waals surface area contributed by atoms with Crippen LogP contribution in [0.4, 0.5) is 17.1 Å². The average molecular weight is 443 g/mol. The zero-order valence-electron chi connectivity index (χ0n) is 16.4. The lowest BCUT2D eigenvalue weighted by atomic mass is 10.1. The van der Waals surface area contributed by atoms with Gasteiger partial charge in [-0.15, -0.1) is 0 Å². The molecule has 9 nitrogen and oxygen atoms in total. The quantitative estimate of drug-likeness (QED) is 0.354. The van der Waals surface area contributed by atoms with Gasteiger partial charge in [0.25, 0.3) is 11.6 Å². The third-order valence-corrected chi connectivity index (χ3v) is 4.80. The molecule has 10 heteroatoms. The fourth-order valence-electron chi connectivity index (χ4n) is 2.87. The molecule has 2 aromatic carbocycles. The van der Waals surface area contributed by atoms with Crippen molar-refractivity contribution in [1.29, 1.82) is 5.26 Å². The third-order valence-electron chi connectivity index (χ3n) is 4.56. The van der Waals surface area contributed by atoms with Crippen LogP contribution in [0.1, 0.15) is 29.6 Å². The van der Waals surface area contributed by atoms with Gasteiger partial charge in [0.2, 0.25) is 0 Å². The third kappa shape index (κ3) is 5.93. The highest BCUT2D eigenvalue weighted by Gasteiger charge is 2.26. The van der Waals surface area contributed by atoms with Crippen LogP contribution in [0.15, 0.2) is 42.5 Å². The van der Waals surface area contributed by atoms with Gasteiger partial charge in [-0.25, -0.2) is 4.79 Å². The maximum atomic E-state index is 12.6. The molecule has 0 radical (unpaired) electrons. The SMILES string of the molecule is N#CCCN(C(=O)COC(=O)c1ccc(NC2CC2)c([N+](=O)[O-])c1)c1cccc(Cl)c1. The Morgan fingerprint density at radius 1 is 1.29 bits per heavy atom. The zero-order valence-corrected chi connectivity index (χ0v) is 17.2. The Labute approximate surface area is 183 Å². The number of hydrogen-bond acceptors (Lipinski definition) is 7. The van der Waals surface area contributed by atoms with E-state index in [0.29, 0.717) is 16.4 Å². The Morgan fingerprint density at radius 3 is 2.71 bits per heavy atom. The molecular weight excluding hydrogens is 424 g/mol. The van der Waals surface area contributed by atoms with Crippen LogP contribution < -0.4 is 10.2 Å². The smallest absolute Gasteiger partial charge is 0.338 e. The molecule has 1 amide bonds. The van der Waals surface area contributed by atoms with Crippen LogP contribution in [0.5, 0.6) is 0 Å². The topological polar surface area (TPSA) is 126 Å². The summed E-state index contributed by atoms with van der Waals surface area (Å²) >= 11 is 5.98. The van der Waals surface area contributed by atoms with Crippen molar-refractivity contribution in [2.75, 3.05) is 23.4 Å². The molecule has 1 saturated carbocycles. The van der Waals surface area contributed by atoms with Crippen molar-refractivity contribution in [2.24, 2.45) is 0 Å². The Kier molecular flexibility index (Phi) is 7.05. The summed E-state index contributed by atoms with van der Waals surface area (Å²) in [5, 5.41) is 23.7. The maximum absolute atomic E-state index is 12.6. The number of ether oxygens (including phenoxy) is 1. The van der Waals surface area contributed by atoms with Gasteiger partial charge >= 0.3 is 5.97 Å². The van der Waals surface area contributed by atoms with Crippen LogP contribution in [-0.4, -0.2) is 36.0 Å². The zero-order chi connectivity index (χ0) is 22.4. The number of nitro groups is 1. The average Bonchev–Trinajstić information content (AvgIpc) is 3.56. The number of nitrogens with one attached hydrogen (secondary N) is 1. The van der Waals surface area contributed by atoms with E-state index in [-0.39, 0.29) is 30.3 Å². The first-order chi connectivity index (χ1) is 14.9. The van der Waals surface area contributed by atoms with E-state index in [4.69, 9.17) is 21.6 Å². The normalized spacial score (nSPS) is 12.5. The minimum Gasteiger partial charge on any atom is -0.452 e. The fourth-order valence-corrected chi connectivity index (χ4v) is 3.06. The predicted octanol–water partition coefficient (Wildman–Crippen LogP) is 3.93. The van der Waals surface area contributed by atoms with Crippen molar-refractivity contribution in [3.63, 3.8) is 0 Å². The molecule has 0 aromatic heterocycles. The van der Waals surface area contributed by atoms with Crippen molar-refractivity contribution < 1.29 is 19.2 Å². The van der Waals surface area contributed by atoms with Gasteiger partial charge in [0.15, 0.2) is 6.61 Å². The lowest BCUT2D eigenvalue weighted by Crippen LogP contribution is -2.35. The molecule has 160 valence electrons. The number of rotatable bonds is 9. The summed E-state index contributed by atoms with van der Waals surface area (Å²) in [7, 11) is 0. The summed E-state index contributed by atoms with van der Waals surface area (Å²) in [5.41, 5.74) is 0.535. The van der Waals surface area contributed by atoms with E-state index in [9.17, 15) is 19.7 Å². The van der Waals surface area contributed by atoms with Crippen molar-refractivity contribution in [2.45, 2.75) is 25.3 Å². The van der Waals surface area contributed by atoms with Gasteiger partial charge < -0.3 is 15.0 Å². The number of hydrogen-bond donors (Lipinski definition) is 1. The van der Waals surface area contributed by atoms with E-state index in [2.05, 4.69) is 5.32 Å². The van der Waals surface area contributed by atoms with E-state index >= 15 is 0 Å². The molecule has 1 aliphatic carbocycles. The number of anilines is 2. The van der Waals surface area contributed by atoms with Crippen LogP contribution in [0, 0.1) is 21.4 Å². The lowest BCUT2D eigenvalue weighted by Gasteiger charge is -2.21. The first kappa shape index (κ1) is 22.1. The largest absolute Gasteiger partial charge is 0.452 e. The number of carbonyl (C=O) groups is 2. The van der Waals surface area contributed by atoms with Crippen LogP contribution in [0.25, 0.3) is 0 Å². The molecule has 0 unspecified atom stereocenters. The van der Waals surface area contributed by atoms with Gasteiger partial charge in [-0.3, -0.25) is 14.9 Å². The van der Waals surface area contributed by atoms with Crippen molar-refractivity contribution in [1.82, 2.24) is 0 Å². The molecule has 0 saturated heterocycles. The first-order valence-corrected chi connectivity index (χ1v) is 9.92. The first-order valence-electron chi connectivity index (χ1n) is 9.54. The molecule has 0 aliphatic heterocycles. The van der Waals surface area contributed by atoms with Gasteiger partial charge in [-0.05, 0) is 43.2 Å². The number of carbonyl (C=O) groups excluding carboxylic acids is 2. The summed E-state index contributed by atoms with van der Waals surface area (Å²) in [6.07, 6.45) is 1.96. The molecule has 0 heterocycles. The van der Waals surface area contributed by atoms with Crippen LogP contribution in [-0.2, 0) is 9.53 Å². The molecule has 31 heavy (non-hydrogen) atoms. The van der Waals surface area contributed by atoms with Crippen LogP contribution >= 0.6 is 11.6 Å². The van der Waals surface area contributed by atoms with E-state index in [1.54, 1.807) is 24.3 Å². The highest BCUT2D eigenvalue weighted by Crippen LogP contribution is 2.31. The maximum Gasteiger partial charge on any atom is 0.338 e. The molecular formula is C21H19ClN4O5. The number of amides is 1. The molecule has 0 atom stereocenters. The van der Waals surface area contributed by atoms with Crippen LogP contribution in [0.2, 0.25) is 5.02 Å². The number of nitriles is 1. The number of halogens is 1. The summed E-state index contributed by atoms with van der Waals surface area (Å²) in [6.45, 7) is -0.493. The van der Waals surface area contributed by atoms with E-state index < -0.39 is 23.4 Å². The molecule has 1 N–H and O–H groups in total. The molecule has 0 bridgehead atoms. The highest BCUT2D eigenvalue weighted by atomic mass is 35.5. The van der Waals surface area contributed by atoms with Gasteiger partial charge in [0.1, 0.15) is 5.69 Å². The van der Waals surface area contributed by atoms with Gasteiger partial charge in [0.05, 0.1) is 23.0 Å². The Morgan fingerprint density at radius 2 is 2.06 bits per heavy atom. The van der Waals surface area contributed by atoms with E-state index in [0.717, 1.165) is 18.9 Å². The molecule has 1 aliphatic rings. The van der Waals surface area contributed by atoms with E-state index in [1.165, 1.54) is 17.0 Å². The highest BCUT2D eigenvalue weighted by molar-refractivity contribution is 6.30.